The Morgan fingerprint density at radius 1 is 1.41 bits per heavy atom. The highest BCUT2D eigenvalue weighted by atomic mass is 35.5. The summed E-state index contributed by atoms with van der Waals surface area (Å²) in [5, 5.41) is 23.9. The molecule has 2 aliphatic rings. The molecule has 0 unspecified atom stereocenters. The Bertz CT molecular complexity index is 1270. The van der Waals surface area contributed by atoms with Crippen molar-refractivity contribution < 1.29 is 23.5 Å². The molecule has 0 saturated carbocycles. The number of imidazole rings is 1. The number of hydrogen-bond donors (Lipinski definition) is 4. The van der Waals surface area contributed by atoms with Gasteiger partial charge in [-0.2, -0.15) is 0 Å². The van der Waals surface area contributed by atoms with E-state index in [2.05, 4.69) is 20.3 Å². The van der Waals surface area contributed by atoms with Gasteiger partial charge in [-0.05, 0) is 26.3 Å². The van der Waals surface area contributed by atoms with Crippen LogP contribution in [0.1, 0.15) is 38.2 Å². The summed E-state index contributed by atoms with van der Waals surface area (Å²) < 4.78 is 35.7. The average molecular weight is 511 g/mol. The topological polar surface area (TPSA) is 126 Å². The summed E-state index contributed by atoms with van der Waals surface area (Å²) in [5.41, 5.74) is 1.15. The van der Waals surface area contributed by atoms with Crippen molar-refractivity contribution in [3.8, 4) is 17.0 Å². The Labute approximate surface area is 203 Å². The molecule has 3 N–H and O–H groups in total. The van der Waals surface area contributed by atoms with Gasteiger partial charge >= 0.3 is 0 Å². The monoisotopic (exact) mass is 510 g/mol. The number of nitrogens with one attached hydrogen (secondary N) is 1. The van der Waals surface area contributed by atoms with Gasteiger partial charge in [-0.1, -0.05) is 11.6 Å². The van der Waals surface area contributed by atoms with Crippen LogP contribution in [-0.2, 0) is 11.9 Å². The van der Waals surface area contributed by atoms with Crippen molar-refractivity contribution in [2.24, 2.45) is 0 Å². The summed E-state index contributed by atoms with van der Waals surface area (Å²) >= 11 is 6.30. The molecule has 0 spiro atoms. The molecule has 2 aromatic heterocycles. The lowest BCUT2D eigenvalue weighted by molar-refractivity contribution is 0.0980. The van der Waals surface area contributed by atoms with Gasteiger partial charge in [0, 0.05) is 18.7 Å². The maximum Gasteiger partial charge on any atom is 0.223 e. The molecule has 4 heterocycles. The molecular weight excluding hydrogens is 487 g/mol. The molecule has 0 bridgehead atoms. The Morgan fingerprint density at radius 2 is 2.21 bits per heavy atom. The van der Waals surface area contributed by atoms with Crippen molar-refractivity contribution in [2.75, 3.05) is 25.0 Å². The van der Waals surface area contributed by atoms with Crippen molar-refractivity contribution in [1.82, 2.24) is 23.8 Å². The Morgan fingerprint density at radius 3 is 2.91 bits per heavy atom. The third-order valence-electron chi connectivity index (χ3n) is 6.17. The zero-order valence-corrected chi connectivity index (χ0v) is 20.1. The van der Waals surface area contributed by atoms with E-state index in [1.54, 1.807) is 15.8 Å². The van der Waals surface area contributed by atoms with Crippen molar-refractivity contribution in [3.05, 3.63) is 28.9 Å². The van der Waals surface area contributed by atoms with Gasteiger partial charge in [0.05, 0.1) is 47.0 Å². The standard InChI is InChI=1S/C21H24ClFN6O4S/c1-9-8-33-19-11(5-13(23)17-18(19)29(9)20(26-17)10(2)30)16-12(22)6-24-21(27-16)25-14-3-4-28(34-32)7-15(14)31/h5-6,9-10,14-15,30-31,34H,3-4,7-8H2,1-2H3,(H,24,25,27)/t9-,10-,14-,15-/m1/s1. The zero-order chi connectivity index (χ0) is 24.1. The number of thiol groups is 1. The highest BCUT2D eigenvalue weighted by molar-refractivity contribution is 7.63. The highest BCUT2D eigenvalue weighted by Gasteiger charge is 2.32. The number of hydrogen-bond acceptors (Lipinski definition) is 8. The van der Waals surface area contributed by atoms with Gasteiger partial charge in [-0.3, -0.25) is 0 Å². The number of ether oxygens (including phenoxy) is 1. The lowest BCUT2D eigenvalue weighted by Gasteiger charge is -2.33. The summed E-state index contributed by atoms with van der Waals surface area (Å²) in [7, 11) is 0. The Hall–Kier alpha value is -2.38. The normalized spacial score (nSPS) is 23.6. The third kappa shape index (κ3) is 3.93. The summed E-state index contributed by atoms with van der Waals surface area (Å²) in [6.07, 6.45) is 0.279. The number of aromatic nitrogens is 4. The van der Waals surface area contributed by atoms with Gasteiger partial charge in [0.15, 0.2) is 11.6 Å². The number of aliphatic hydroxyl groups excluding tert-OH is 2. The Balaban J connectivity index is 1.58. The molecule has 13 heteroatoms. The maximum absolute atomic E-state index is 15.2. The lowest BCUT2D eigenvalue weighted by atomic mass is 10.0. The molecule has 1 saturated heterocycles. The van der Waals surface area contributed by atoms with E-state index < -0.39 is 18.0 Å². The smallest absolute Gasteiger partial charge is 0.223 e. The van der Waals surface area contributed by atoms with Crippen LogP contribution in [0, 0.1) is 5.82 Å². The molecule has 1 aromatic carbocycles. The first-order valence-electron chi connectivity index (χ1n) is 10.9. The molecule has 0 radical (unpaired) electrons. The first-order valence-corrected chi connectivity index (χ1v) is 12.0. The van der Waals surface area contributed by atoms with E-state index in [0.717, 1.165) is 0 Å². The molecule has 10 nitrogen and oxygen atoms in total. The first kappa shape index (κ1) is 23.4. The van der Waals surface area contributed by atoms with Gasteiger partial charge in [-0.25, -0.2) is 27.9 Å². The lowest BCUT2D eigenvalue weighted by Crippen LogP contribution is -2.48. The van der Waals surface area contributed by atoms with Crippen LogP contribution in [0.5, 0.6) is 5.75 Å². The van der Waals surface area contributed by atoms with Gasteiger partial charge < -0.3 is 24.8 Å². The number of aliphatic hydroxyl groups is 2. The largest absolute Gasteiger partial charge is 0.488 e. The third-order valence-corrected chi connectivity index (χ3v) is 7.04. The molecule has 34 heavy (non-hydrogen) atoms. The quantitative estimate of drug-likeness (QED) is 0.384. The number of anilines is 1. The minimum Gasteiger partial charge on any atom is -0.488 e. The predicted octanol–water partition coefficient (Wildman–Crippen LogP) is 2.00. The second-order valence-electron chi connectivity index (χ2n) is 8.60. The van der Waals surface area contributed by atoms with E-state index in [-0.39, 0.29) is 52.7 Å². The van der Waals surface area contributed by atoms with Gasteiger partial charge in [0.1, 0.15) is 29.6 Å². The average Bonchev–Trinajstić information content (AvgIpc) is 3.23. The summed E-state index contributed by atoms with van der Waals surface area (Å²) in [4.78, 5) is 13.1. The molecule has 2 aliphatic heterocycles. The fourth-order valence-electron chi connectivity index (χ4n) is 4.51. The van der Waals surface area contributed by atoms with E-state index in [0.29, 0.717) is 42.2 Å². The number of nitrogens with zero attached hydrogens (tertiary/aromatic N) is 5. The molecule has 3 aromatic rings. The number of piperidine rings is 1. The van der Waals surface area contributed by atoms with E-state index >= 15 is 4.39 Å². The second-order valence-corrected chi connectivity index (χ2v) is 9.74. The fraction of sp³-hybridized carbons (Fsp3) is 0.476. The molecular formula is C21H24ClFN6O4S. The highest BCUT2D eigenvalue weighted by Crippen LogP contribution is 2.44. The van der Waals surface area contributed by atoms with Crippen LogP contribution >= 0.6 is 11.6 Å². The zero-order valence-electron chi connectivity index (χ0n) is 18.4. The van der Waals surface area contributed by atoms with Crippen LogP contribution in [0.15, 0.2) is 12.3 Å². The van der Waals surface area contributed by atoms with E-state index in [4.69, 9.17) is 16.3 Å². The molecule has 182 valence electrons. The predicted molar refractivity (Wildman–Crippen MR) is 126 cm³/mol. The minimum absolute atomic E-state index is 0.109. The van der Waals surface area contributed by atoms with Crippen LogP contribution in [0.2, 0.25) is 5.02 Å². The number of β-amino-alcohol motifs (C(OH)–C–C–N with tert-alkyl or cyclic N) is 1. The fourth-order valence-corrected chi connectivity index (χ4v) is 5.14. The SMILES string of the molecule is C[C@@H]1COc2c(-c3nc(N[C@@H]4CCN([SH]=O)C[C@H]4O)ncc3Cl)cc(F)c3nc([C@@H](C)O)n1c23. The first-order chi connectivity index (χ1) is 16.3. The van der Waals surface area contributed by atoms with Gasteiger partial charge in [-0.15, -0.1) is 0 Å². The van der Waals surface area contributed by atoms with E-state index in [9.17, 15) is 14.4 Å². The van der Waals surface area contributed by atoms with Crippen LogP contribution in [0.3, 0.4) is 0 Å². The molecule has 5 rings (SSSR count). The maximum atomic E-state index is 15.2. The summed E-state index contributed by atoms with van der Waals surface area (Å²) in [5.74, 6) is 0.364. The Kier molecular flexibility index (Phi) is 6.19. The number of benzene rings is 1. The second kappa shape index (κ2) is 9.00. The molecule has 0 aliphatic carbocycles. The molecule has 1 fully saturated rings. The van der Waals surface area contributed by atoms with Crippen LogP contribution in [-0.4, -0.2) is 70.1 Å². The van der Waals surface area contributed by atoms with Crippen LogP contribution in [0.4, 0.5) is 10.3 Å². The number of halogens is 2. The van der Waals surface area contributed by atoms with Gasteiger partial charge in [0.2, 0.25) is 5.95 Å². The van der Waals surface area contributed by atoms with Crippen molar-refractivity contribution in [1.29, 1.82) is 0 Å². The van der Waals surface area contributed by atoms with Gasteiger partial charge in [0.25, 0.3) is 0 Å². The van der Waals surface area contributed by atoms with Crippen molar-refractivity contribution in [2.45, 2.75) is 44.6 Å². The van der Waals surface area contributed by atoms with Crippen LogP contribution in [0.25, 0.3) is 22.3 Å². The summed E-state index contributed by atoms with van der Waals surface area (Å²) in [6, 6.07) is 0.766. The molecule has 0 amide bonds. The van der Waals surface area contributed by atoms with E-state index in [1.165, 1.54) is 12.3 Å². The van der Waals surface area contributed by atoms with Crippen molar-refractivity contribution in [3.63, 3.8) is 0 Å². The minimum atomic E-state index is -0.888. The molecule has 4 atom stereocenters. The summed E-state index contributed by atoms with van der Waals surface area (Å²) in [6.45, 7) is 4.57. The van der Waals surface area contributed by atoms with Crippen molar-refractivity contribution >= 4 is 40.4 Å². The van der Waals surface area contributed by atoms with Crippen LogP contribution < -0.4 is 10.1 Å². The number of rotatable bonds is 5. The van der Waals surface area contributed by atoms with E-state index in [1.807, 2.05) is 6.92 Å².